The van der Waals surface area contributed by atoms with Gasteiger partial charge in [0.1, 0.15) is 11.5 Å². The van der Waals surface area contributed by atoms with Gasteiger partial charge in [-0.25, -0.2) is 0 Å². The van der Waals surface area contributed by atoms with E-state index in [9.17, 15) is 9.90 Å². The average molecular weight is 226 g/mol. The van der Waals surface area contributed by atoms with Crippen molar-refractivity contribution in [3.05, 3.63) is 23.6 Å². The first-order valence-electron chi connectivity index (χ1n) is 4.86. The molecular weight excluding hydrogens is 212 g/mol. The number of hydrogen-bond acceptors (Lipinski definition) is 6. The molecule has 0 spiro atoms. The van der Waals surface area contributed by atoms with Crippen LogP contribution >= 0.6 is 0 Å². The predicted octanol–water partition coefficient (Wildman–Crippen LogP) is -1.09. The molecule has 0 radical (unpaired) electrons. The monoisotopic (exact) mass is 226 g/mol. The minimum absolute atomic E-state index is 0.0817. The molecule has 6 heteroatoms. The third-order valence-corrected chi connectivity index (χ3v) is 1.89. The molecule has 0 heterocycles. The van der Waals surface area contributed by atoms with Crippen LogP contribution in [0.5, 0.6) is 0 Å². The summed E-state index contributed by atoms with van der Waals surface area (Å²) in [5.74, 6) is -0.582. The number of ketones is 1. The second-order valence-corrected chi connectivity index (χ2v) is 3.09. The van der Waals surface area contributed by atoms with Crippen molar-refractivity contribution < 1.29 is 20.1 Å². The molecule has 1 rings (SSSR count). The van der Waals surface area contributed by atoms with Crippen molar-refractivity contribution in [3.8, 4) is 0 Å². The average Bonchev–Trinajstić information content (AvgIpc) is 2.26. The smallest absolute Gasteiger partial charge is 0.207 e. The van der Waals surface area contributed by atoms with Crippen LogP contribution in [0, 0.1) is 0 Å². The van der Waals surface area contributed by atoms with Crippen molar-refractivity contribution in [2.75, 3.05) is 26.3 Å². The minimum atomic E-state index is -0.402. The topological polar surface area (TPSA) is 102 Å². The third-order valence-electron chi connectivity index (χ3n) is 1.89. The highest BCUT2D eigenvalue weighted by Gasteiger charge is 2.17. The Kier molecular flexibility index (Phi) is 4.68. The number of aliphatic hydroxyl groups excluding tert-OH is 3. The van der Waals surface area contributed by atoms with Gasteiger partial charge >= 0.3 is 0 Å². The van der Waals surface area contributed by atoms with Crippen molar-refractivity contribution >= 4 is 11.5 Å². The molecule has 0 atom stereocenters. The Labute approximate surface area is 92.6 Å². The predicted molar refractivity (Wildman–Crippen MR) is 58.3 cm³/mol. The van der Waals surface area contributed by atoms with Gasteiger partial charge < -0.3 is 20.6 Å². The van der Waals surface area contributed by atoms with Gasteiger partial charge in [0.15, 0.2) is 0 Å². The molecule has 88 valence electrons. The van der Waals surface area contributed by atoms with E-state index in [4.69, 9.17) is 10.2 Å². The van der Waals surface area contributed by atoms with Crippen LogP contribution in [-0.2, 0) is 4.79 Å². The van der Waals surface area contributed by atoms with Crippen LogP contribution in [0.2, 0.25) is 0 Å². The van der Waals surface area contributed by atoms with Crippen LogP contribution < -0.4 is 5.32 Å². The van der Waals surface area contributed by atoms with Crippen molar-refractivity contribution in [3.63, 3.8) is 0 Å². The zero-order valence-corrected chi connectivity index (χ0v) is 8.68. The largest absolute Gasteiger partial charge is 0.506 e. The number of nitrogens with zero attached hydrogens (tertiary/aromatic N) is 1. The zero-order chi connectivity index (χ0) is 12.0. The molecule has 1 aliphatic carbocycles. The number of hydrogen-bond donors (Lipinski definition) is 4. The normalized spacial score (nSPS) is 18.4. The number of aliphatic hydroxyl groups is 3. The molecule has 6 nitrogen and oxygen atoms in total. The number of nitrogens with one attached hydrogen (secondary N) is 1. The van der Waals surface area contributed by atoms with Crippen LogP contribution in [0.25, 0.3) is 0 Å². The number of carbonyl (C=O) groups is 1. The SMILES string of the molecule is O=C1C=C(O)C(NCCO)=CC1=NCCO. The van der Waals surface area contributed by atoms with Gasteiger partial charge in [-0.1, -0.05) is 0 Å². The van der Waals surface area contributed by atoms with Gasteiger partial charge in [0.2, 0.25) is 5.78 Å². The molecule has 0 saturated carbocycles. The Hall–Kier alpha value is -1.66. The van der Waals surface area contributed by atoms with E-state index in [0.29, 0.717) is 5.70 Å². The summed E-state index contributed by atoms with van der Waals surface area (Å²) in [6.45, 7) is 0.187. The lowest BCUT2D eigenvalue weighted by molar-refractivity contribution is -0.109. The Bertz CT molecular complexity index is 358. The lowest BCUT2D eigenvalue weighted by Gasteiger charge is -2.13. The Morgan fingerprint density at radius 2 is 2.00 bits per heavy atom. The van der Waals surface area contributed by atoms with E-state index >= 15 is 0 Å². The molecule has 0 amide bonds. The molecule has 0 unspecified atom stereocenters. The molecule has 0 bridgehead atoms. The molecular formula is C10H14N2O4. The molecule has 0 saturated heterocycles. The molecule has 16 heavy (non-hydrogen) atoms. The summed E-state index contributed by atoms with van der Waals surface area (Å²) in [7, 11) is 0. The lowest BCUT2D eigenvalue weighted by atomic mass is 10.1. The van der Waals surface area contributed by atoms with Gasteiger partial charge in [0.25, 0.3) is 0 Å². The van der Waals surface area contributed by atoms with E-state index in [0.717, 1.165) is 6.08 Å². The number of allylic oxidation sites excluding steroid dienone is 2. The maximum Gasteiger partial charge on any atom is 0.207 e. The fraction of sp³-hybridized carbons (Fsp3) is 0.400. The number of aliphatic imine (C=N–C) groups is 1. The van der Waals surface area contributed by atoms with Crippen LogP contribution in [0.3, 0.4) is 0 Å². The highest BCUT2D eigenvalue weighted by molar-refractivity contribution is 6.49. The van der Waals surface area contributed by atoms with Crippen LogP contribution in [-0.4, -0.2) is 53.1 Å². The summed E-state index contributed by atoms with van der Waals surface area (Å²) in [6, 6.07) is 0. The number of carbonyl (C=O) groups excluding carboxylic acids is 1. The van der Waals surface area contributed by atoms with Gasteiger partial charge in [-0.3, -0.25) is 9.79 Å². The molecule has 1 aliphatic rings. The first kappa shape index (κ1) is 12.4. The Morgan fingerprint density at radius 3 is 2.62 bits per heavy atom. The summed E-state index contributed by atoms with van der Waals surface area (Å²) >= 11 is 0. The van der Waals surface area contributed by atoms with Crippen molar-refractivity contribution in [2.24, 2.45) is 4.99 Å². The fourth-order valence-corrected chi connectivity index (χ4v) is 1.18. The highest BCUT2D eigenvalue weighted by Crippen LogP contribution is 2.10. The molecule has 0 aromatic heterocycles. The molecule has 0 aromatic carbocycles. The highest BCUT2D eigenvalue weighted by atomic mass is 16.3. The van der Waals surface area contributed by atoms with Crippen molar-refractivity contribution in [1.82, 2.24) is 5.32 Å². The van der Waals surface area contributed by atoms with Gasteiger partial charge in [0, 0.05) is 12.6 Å². The second kappa shape index (κ2) is 6.04. The van der Waals surface area contributed by atoms with Gasteiger partial charge in [-0.05, 0) is 6.08 Å². The molecule has 0 fully saturated rings. The van der Waals surface area contributed by atoms with E-state index in [1.165, 1.54) is 6.08 Å². The Balaban J connectivity index is 2.81. The Morgan fingerprint density at radius 1 is 1.25 bits per heavy atom. The standard InChI is InChI=1S/C10H14N2O4/c13-3-1-11-7-5-8(12-2-4-14)10(16)6-9(7)15/h5-6,11,13-15H,1-4H2. The van der Waals surface area contributed by atoms with E-state index in [1.807, 2.05) is 0 Å². The summed E-state index contributed by atoms with van der Waals surface area (Å²) < 4.78 is 0. The first-order valence-corrected chi connectivity index (χ1v) is 4.86. The summed E-state index contributed by atoms with van der Waals surface area (Å²) in [4.78, 5) is 15.2. The van der Waals surface area contributed by atoms with E-state index in [1.54, 1.807) is 0 Å². The van der Waals surface area contributed by atoms with Gasteiger partial charge in [-0.2, -0.15) is 0 Å². The van der Waals surface area contributed by atoms with E-state index < -0.39 is 5.78 Å². The molecule has 0 aliphatic heterocycles. The van der Waals surface area contributed by atoms with Gasteiger partial charge in [0.05, 0.1) is 25.5 Å². The van der Waals surface area contributed by atoms with Crippen molar-refractivity contribution in [1.29, 1.82) is 0 Å². The minimum Gasteiger partial charge on any atom is -0.506 e. The molecule has 4 N–H and O–H groups in total. The van der Waals surface area contributed by atoms with Gasteiger partial charge in [-0.15, -0.1) is 0 Å². The third kappa shape index (κ3) is 3.18. The van der Waals surface area contributed by atoms with Crippen LogP contribution in [0.1, 0.15) is 0 Å². The maximum absolute atomic E-state index is 11.4. The zero-order valence-electron chi connectivity index (χ0n) is 8.68. The van der Waals surface area contributed by atoms with E-state index in [-0.39, 0.29) is 37.8 Å². The van der Waals surface area contributed by atoms with Crippen LogP contribution in [0.4, 0.5) is 0 Å². The van der Waals surface area contributed by atoms with Crippen LogP contribution in [0.15, 0.2) is 28.6 Å². The quantitative estimate of drug-likeness (QED) is 0.446. The summed E-state index contributed by atoms with van der Waals surface area (Å²) in [5, 5.41) is 29.4. The second-order valence-electron chi connectivity index (χ2n) is 3.09. The lowest BCUT2D eigenvalue weighted by Crippen LogP contribution is -2.25. The van der Waals surface area contributed by atoms with E-state index in [2.05, 4.69) is 10.3 Å². The first-order chi connectivity index (χ1) is 7.69. The fourth-order valence-electron chi connectivity index (χ4n) is 1.18. The number of rotatable bonds is 5. The maximum atomic E-state index is 11.4. The summed E-state index contributed by atoms with van der Waals surface area (Å²) in [5.41, 5.74) is 0.512. The van der Waals surface area contributed by atoms with Crippen molar-refractivity contribution in [2.45, 2.75) is 0 Å². The summed E-state index contributed by atoms with van der Waals surface area (Å²) in [6.07, 6.45) is 2.44. The molecule has 0 aromatic rings.